The summed E-state index contributed by atoms with van der Waals surface area (Å²) in [5.74, 6) is 0.927. The van der Waals surface area contributed by atoms with Crippen molar-refractivity contribution >= 4 is 6.08 Å². The molecular weight excluding hydrogens is 176 g/mol. The Labute approximate surface area is 84.0 Å². The van der Waals surface area contributed by atoms with Crippen molar-refractivity contribution in [3.63, 3.8) is 0 Å². The summed E-state index contributed by atoms with van der Waals surface area (Å²) in [6.07, 6.45) is 6.20. The van der Waals surface area contributed by atoms with Gasteiger partial charge >= 0.3 is 0 Å². The van der Waals surface area contributed by atoms with Gasteiger partial charge in [-0.05, 0) is 32.4 Å². The van der Waals surface area contributed by atoms with E-state index in [4.69, 9.17) is 0 Å². The van der Waals surface area contributed by atoms with E-state index in [2.05, 4.69) is 28.4 Å². The van der Waals surface area contributed by atoms with E-state index in [1.807, 2.05) is 7.05 Å². The highest BCUT2D eigenvalue weighted by molar-refractivity contribution is 5.46. The van der Waals surface area contributed by atoms with E-state index in [0.717, 1.165) is 12.4 Å². The first-order valence-corrected chi connectivity index (χ1v) is 5.03. The van der Waals surface area contributed by atoms with Gasteiger partial charge < -0.3 is 5.32 Å². The van der Waals surface area contributed by atoms with Gasteiger partial charge in [0, 0.05) is 13.1 Å². The third kappa shape index (κ3) is 1.85. The summed E-state index contributed by atoms with van der Waals surface area (Å²) in [5, 5.41) is 7.50. The zero-order valence-electron chi connectivity index (χ0n) is 8.70. The smallest absolute Gasteiger partial charge is 0.150 e. The number of aromatic nitrogens is 3. The lowest BCUT2D eigenvalue weighted by Crippen LogP contribution is -2.22. The Hall–Kier alpha value is -1.16. The molecule has 1 aliphatic heterocycles. The first-order chi connectivity index (χ1) is 6.77. The molecule has 0 bridgehead atoms. The SMILES string of the molecule is C/C(=C/c1ncnn1C)C1CCCN1. The maximum absolute atomic E-state index is 4.17. The largest absolute Gasteiger partial charge is 0.310 e. The van der Waals surface area contributed by atoms with Crippen molar-refractivity contribution in [1.82, 2.24) is 20.1 Å². The molecular formula is C10H16N4. The second-order valence-corrected chi connectivity index (χ2v) is 3.78. The highest BCUT2D eigenvalue weighted by Crippen LogP contribution is 2.15. The van der Waals surface area contributed by atoms with Crippen molar-refractivity contribution in [2.75, 3.05) is 6.54 Å². The third-order valence-electron chi connectivity index (χ3n) is 2.71. The monoisotopic (exact) mass is 192 g/mol. The van der Waals surface area contributed by atoms with Gasteiger partial charge in [-0.1, -0.05) is 5.57 Å². The maximum atomic E-state index is 4.17. The number of hydrogen-bond acceptors (Lipinski definition) is 3. The molecule has 1 aromatic rings. The van der Waals surface area contributed by atoms with Gasteiger partial charge in [-0.15, -0.1) is 0 Å². The van der Waals surface area contributed by atoms with Crippen molar-refractivity contribution < 1.29 is 0 Å². The summed E-state index contributed by atoms with van der Waals surface area (Å²) in [6.45, 7) is 3.28. The fourth-order valence-electron chi connectivity index (χ4n) is 1.81. The molecule has 1 saturated heterocycles. The van der Waals surface area contributed by atoms with E-state index in [-0.39, 0.29) is 0 Å². The van der Waals surface area contributed by atoms with Crippen LogP contribution in [0.3, 0.4) is 0 Å². The van der Waals surface area contributed by atoms with Crippen molar-refractivity contribution in [3.05, 3.63) is 17.7 Å². The third-order valence-corrected chi connectivity index (χ3v) is 2.71. The molecule has 14 heavy (non-hydrogen) atoms. The lowest BCUT2D eigenvalue weighted by molar-refractivity contribution is 0.690. The average Bonchev–Trinajstić information content (AvgIpc) is 2.77. The van der Waals surface area contributed by atoms with Crippen LogP contribution in [0.4, 0.5) is 0 Å². The Morgan fingerprint density at radius 1 is 1.71 bits per heavy atom. The van der Waals surface area contributed by atoms with Gasteiger partial charge in [0.2, 0.25) is 0 Å². The molecule has 76 valence electrons. The van der Waals surface area contributed by atoms with E-state index < -0.39 is 0 Å². The molecule has 0 saturated carbocycles. The molecule has 0 aromatic carbocycles. The first kappa shape index (κ1) is 9.40. The van der Waals surface area contributed by atoms with Gasteiger partial charge in [0.25, 0.3) is 0 Å². The van der Waals surface area contributed by atoms with E-state index in [0.29, 0.717) is 6.04 Å². The van der Waals surface area contributed by atoms with Gasteiger partial charge in [0.05, 0.1) is 0 Å². The first-order valence-electron chi connectivity index (χ1n) is 5.03. The van der Waals surface area contributed by atoms with Crippen LogP contribution in [0.1, 0.15) is 25.6 Å². The maximum Gasteiger partial charge on any atom is 0.150 e. The lowest BCUT2D eigenvalue weighted by Gasteiger charge is -2.09. The normalized spacial score (nSPS) is 23.0. The topological polar surface area (TPSA) is 42.7 Å². The van der Waals surface area contributed by atoms with E-state index in [9.17, 15) is 0 Å². The minimum absolute atomic E-state index is 0.534. The molecule has 4 nitrogen and oxygen atoms in total. The van der Waals surface area contributed by atoms with Crippen LogP contribution in [0.5, 0.6) is 0 Å². The van der Waals surface area contributed by atoms with Crippen molar-refractivity contribution in [2.24, 2.45) is 7.05 Å². The van der Waals surface area contributed by atoms with Gasteiger partial charge in [0.15, 0.2) is 0 Å². The van der Waals surface area contributed by atoms with Crippen molar-refractivity contribution in [1.29, 1.82) is 0 Å². The number of rotatable bonds is 2. The molecule has 4 heteroatoms. The lowest BCUT2D eigenvalue weighted by atomic mass is 10.1. The fourth-order valence-corrected chi connectivity index (χ4v) is 1.81. The number of nitrogens with zero attached hydrogens (tertiary/aromatic N) is 3. The van der Waals surface area contributed by atoms with Crippen LogP contribution in [-0.2, 0) is 7.05 Å². The van der Waals surface area contributed by atoms with Crippen molar-refractivity contribution in [3.8, 4) is 0 Å². The molecule has 1 aliphatic rings. The van der Waals surface area contributed by atoms with Crippen LogP contribution in [0.25, 0.3) is 6.08 Å². The summed E-state index contributed by atoms with van der Waals surface area (Å²) in [7, 11) is 1.91. The van der Waals surface area contributed by atoms with Crippen LogP contribution in [0, 0.1) is 0 Å². The Morgan fingerprint density at radius 3 is 3.14 bits per heavy atom. The Morgan fingerprint density at radius 2 is 2.57 bits per heavy atom. The summed E-state index contributed by atoms with van der Waals surface area (Å²) >= 11 is 0. The van der Waals surface area contributed by atoms with E-state index >= 15 is 0 Å². The second-order valence-electron chi connectivity index (χ2n) is 3.78. The van der Waals surface area contributed by atoms with E-state index in [1.165, 1.54) is 18.4 Å². The Kier molecular flexibility index (Phi) is 2.63. The van der Waals surface area contributed by atoms with Crippen molar-refractivity contribution in [2.45, 2.75) is 25.8 Å². The molecule has 1 aromatic heterocycles. The Bertz CT molecular complexity index is 334. The standard InChI is InChI=1S/C10H16N4/c1-8(9-4-3-5-11-9)6-10-12-7-13-14(10)2/h6-7,9,11H,3-5H2,1-2H3/b8-6-. The Balaban J connectivity index is 2.13. The summed E-state index contributed by atoms with van der Waals surface area (Å²) < 4.78 is 1.79. The van der Waals surface area contributed by atoms with Gasteiger partial charge in [-0.2, -0.15) is 5.10 Å². The minimum atomic E-state index is 0.534. The number of nitrogens with one attached hydrogen (secondary N) is 1. The average molecular weight is 192 g/mol. The molecule has 0 spiro atoms. The van der Waals surface area contributed by atoms with Crippen LogP contribution < -0.4 is 5.32 Å². The summed E-state index contributed by atoms with van der Waals surface area (Å²) in [4.78, 5) is 4.17. The molecule has 0 radical (unpaired) electrons. The molecule has 1 fully saturated rings. The molecule has 1 unspecified atom stereocenters. The minimum Gasteiger partial charge on any atom is -0.310 e. The fraction of sp³-hybridized carbons (Fsp3) is 0.600. The van der Waals surface area contributed by atoms with Crippen LogP contribution in [-0.4, -0.2) is 27.4 Å². The number of aryl methyl sites for hydroxylation is 1. The number of hydrogen-bond donors (Lipinski definition) is 1. The van der Waals surface area contributed by atoms with E-state index in [1.54, 1.807) is 11.0 Å². The molecule has 1 N–H and O–H groups in total. The zero-order chi connectivity index (χ0) is 9.97. The predicted molar refractivity (Wildman–Crippen MR) is 55.7 cm³/mol. The highest BCUT2D eigenvalue weighted by atomic mass is 15.3. The summed E-state index contributed by atoms with van der Waals surface area (Å²) in [6, 6.07) is 0.534. The van der Waals surface area contributed by atoms with Gasteiger partial charge in [0.1, 0.15) is 12.2 Å². The zero-order valence-corrected chi connectivity index (χ0v) is 8.70. The van der Waals surface area contributed by atoms with Crippen LogP contribution in [0.2, 0.25) is 0 Å². The molecule has 1 atom stereocenters. The molecule has 2 heterocycles. The van der Waals surface area contributed by atoms with Crippen LogP contribution in [0.15, 0.2) is 11.9 Å². The highest BCUT2D eigenvalue weighted by Gasteiger charge is 2.15. The summed E-state index contributed by atoms with van der Waals surface area (Å²) in [5.41, 5.74) is 1.35. The molecule has 0 aliphatic carbocycles. The second kappa shape index (κ2) is 3.92. The molecule has 2 rings (SSSR count). The molecule has 0 amide bonds. The van der Waals surface area contributed by atoms with Gasteiger partial charge in [-0.3, -0.25) is 0 Å². The quantitative estimate of drug-likeness (QED) is 0.759. The van der Waals surface area contributed by atoms with Gasteiger partial charge in [-0.25, -0.2) is 9.67 Å². The predicted octanol–water partition coefficient (Wildman–Crippen LogP) is 0.970. The van der Waals surface area contributed by atoms with Crippen LogP contribution >= 0.6 is 0 Å².